The average Bonchev–Trinajstić information content (AvgIpc) is 2.41. The quantitative estimate of drug-likeness (QED) is 0.590. The topological polar surface area (TPSA) is 49.8 Å². The van der Waals surface area contributed by atoms with E-state index < -0.39 is 5.97 Å². The molecule has 4 nitrogen and oxygen atoms in total. The second-order valence-electron chi connectivity index (χ2n) is 4.59. The molecule has 20 heavy (non-hydrogen) atoms. The van der Waals surface area contributed by atoms with E-state index in [0.717, 1.165) is 41.0 Å². The van der Waals surface area contributed by atoms with E-state index in [1.807, 2.05) is 44.1 Å². The van der Waals surface area contributed by atoms with Gasteiger partial charge in [0.05, 0.1) is 7.11 Å². The van der Waals surface area contributed by atoms with E-state index in [1.54, 1.807) is 13.2 Å². The Morgan fingerprint density at radius 1 is 1.45 bits per heavy atom. The molecule has 0 fully saturated rings. The number of benzene rings is 1. The first-order chi connectivity index (χ1) is 9.52. The molecule has 0 saturated heterocycles. The Morgan fingerprint density at radius 2 is 2.20 bits per heavy atom. The Hall–Kier alpha value is -1.46. The van der Waals surface area contributed by atoms with Gasteiger partial charge >= 0.3 is 5.97 Å². The van der Waals surface area contributed by atoms with Crippen molar-refractivity contribution in [2.75, 3.05) is 33.5 Å². The molecule has 1 aromatic carbocycles. The van der Waals surface area contributed by atoms with Crippen LogP contribution < -0.4 is 4.74 Å². The third-order valence-corrected chi connectivity index (χ3v) is 3.68. The smallest absolute Gasteiger partial charge is 0.328 e. The minimum atomic E-state index is -0.938. The van der Waals surface area contributed by atoms with Gasteiger partial charge in [-0.1, -0.05) is 6.07 Å². The standard InChI is InChI=1S/C15H21NO3S/c1-16(2)8-9-20-11-13-10-14(19-3)6-4-12(13)5-7-15(17)18/h4-7,10H,8-9,11H2,1-3H3,(H,17,18)/b7-5+. The van der Waals surface area contributed by atoms with Crippen LogP contribution in [0.15, 0.2) is 24.3 Å². The van der Waals surface area contributed by atoms with Crippen molar-refractivity contribution >= 4 is 23.8 Å². The van der Waals surface area contributed by atoms with Crippen molar-refractivity contribution in [3.8, 4) is 5.75 Å². The third kappa shape index (κ3) is 6.12. The van der Waals surface area contributed by atoms with Gasteiger partial charge in [-0.2, -0.15) is 11.8 Å². The number of carboxylic acid groups (broad SMARTS) is 1. The number of carboxylic acids is 1. The van der Waals surface area contributed by atoms with Gasteiger partial charge in [0.25, 0.3) is 0 Å². The number of hydrogen-bond acceptors (Lipinski definition) is 4. The number of methoxy groups -OCH3 is 1. The van der Waals surface area contributed by atoms with E-state index in [4.69, 9.17) is 9.84 Å². The summed E-state index contributed by atoms with van der Waals surface area (Å²) < 4.78 is 5.22. The monoisotopic (exact) mass is 295 g/mol. The van der Waals surface area contributed by atoms with Gasteiger partial charge in [0.1, 0.15) is 5.75 Å². The largest absolute Gasteiger partial charge is 0.497 e. The van der Waals surface area contributed by atoms with Crippen LogP contribution in [-0.4, -0.2) is 49.5 Å². The predicted molar refractivity (Wildman–Crippen MR) is 84.4 cm³/mol. The lowest BCUT2D eigenvalue weighted by Crippen LogP contribution is -2.14. The van der Waals surface area contributed by atoms with Gasteiger partial charge in [-0.05, 0) is 43.4 Å². The number of carbonyl (C=O) groups is 1. The van der Waals surface area contributed by atoms with Gasteiger partial charge in [0.15, 0.2) is 0 Å². The molecule has 0 unspecified atom stereocenters. The Bertz CT molecular complexity index is 472. The molecular formula is C15H21NO3S. The maximum Gasteiger partial charge on any atom is 0.328 e. The summed E-state index contributed by atoms with van der Waals surface area (Å²) in [5.74, 6) is 1.73. The Kier molecular flexibility index (Phi) is 7.18. The molecule has 1 aromatic rings. The van der Waals surface area contributed by atoms with E-state index in [2.05, 4.69) is 4.90 Å². The van der Waals surface area contributed by atoms with Crippen molar-refractivity contribution in [1.82, 2.24) is 4.90 Å². The SMILES string of the molecule is COc1ccc(/C=C/C(=O)O)c(CSCCN(C)C)c1. The fraction of sp³-hybridized carbons (Fsp3) is 0.400. The van der Waals surface area contributed by atoms with Gasteiger partial charge in [-0.15, -0.1) is 0 Å². The lowest BCUT2D eigenvalue weighted by Gasteiger charge is -2.11. The van der Waals surface area contributed by atoms with Gasteiger partial charge in [0, 0.05) is 24.1 Å². The van der Waals surface area contributed by atoms with Crippen molar-refractivity contribution in [1.29, 1.82) is 0 Å². The molecule has 1 rings (SSSR count). The fourth-order valence-corrected chi connectivity index (χ4v) is 2.70. The van der Waals surface area contributed by atoms with Gasteiger partial charge in [0.2, 0.25) is 0 Å². The molecule has 0 aromatic heterocycles. The first-order valence-electron chi connectivity index (χ1n) is 6.33. The van der Waals surface area contributed by atoms with Crippen LogP contribution in [0.3, 0.4) is 0 Å². The molecule has 5 heteroatoms. The first kappa shape index (κ1) is 16.6. The van der Waals surface area contributed by atoms with Crippen molar-refractivity contribution < 1.29 is 14.6 Å². The molecule has 0 radical (unpaired) electrons. The first-order valence-corrected chi connectivity index (χ1v) is 7.49. The van der Waals surface area contributed by atoms with E-state index in [0.29, 0.717) is 0 Å². The number of rotatable bonds is 8. The lowest BCUT2D eigenvalue weighted by atomic mass is 10.1. The van der Waals surface area contributed by atoms with Crippen LogP contribution >= 0.6 is 11.8 Å². The Labute approximate surface area is 124 Å². The molecule has 1 N–H and O–H groups in total. The number of ether oxygens (including phenoxy) is 1. The Morgan fingerprint density at radius 3 is 2.80 bits per heavy atom. The van der Waals surface area contributed by atoms with Crippen molar-refractivity contribution in [2.45, 2.75) is 5.75 Å². The summed E-state index contributed by atoms with van der Waals surface area (Å²) in [6.45, 7) is 1.02. The zero-order valence-corrected chi connectivity index (χ0v) is 12.9. The maximum atomic E-state index is 10.6. The summed E-state index contributed by atoms with van der Waals surface area (Å²) in [5.41, 5.74) is 2.01. The fourth-order valence-electron chi connectivity index (χ4n) is 1.59. The molecule has 0 bridgehead atoms. The third-order valence-electron chi connectivity index (χ3n) is 2.70. The maximum absolute atomic E-state index is 10.6. The van der Waals surface area contributed by atoms with Crippen LogP contribution in [-0.2, 0) is 10.5 Å². The van der Waals surface area contributed by atoms with Crippen LogP contribution in [0.25, 0.3) is 6.08 Å². The predicted octanol–water partition coefficient (Wildman–Crippen LogP) is 2.59. The lowest BCUT2D eigenvalue weighted by molar-refractivity contribution is -0.131. The second kappa shape index (κ2) is 8.66. The molecule has 0 aliphatic carbocycles. The molecule has 0 aliphatic rings. The highest BCUT2D eigenvalue weighted by Gasteiger charge is 2.04. The highest BCUT2D eigenvalue weighted by atomic mass is 32.2. The van der Waals surface area contributed by atoms with E-state index in [9.17, 15) is 4.79 Å². The number of aliphatic carboxylic acids is 1. The molecule has 110 valence electrons. The van der Waals surface area contributed by atoms with E-state index in [-0.39, 0.29) is 0 Å². The summed E-state index contributed by atoms with van der Waals surface area (Å²) in [6, 6.07) is 5.69. The zero-order valence-electron chi connectivity index (χ0n) is 12.1. The van der Waals surface area contributed by atoms with Gasteiger partial charge < -0.3 is 14.7 Å². The molecule has 0 heterocycles. The second-order valence-corrected chi connectivity index (χ2v) is 5.70. The number of hydrogen-bond donors (Lipinski definition) is 1. The van der Waals surface area contributed by atoms with E-state index >= 15 is 0 Å². The normalized spacial score (nSPS) is 11.2. The summed E-state index contributed by atoms with van der Waals surface area (Å²) in [7, 11) is 5.73. The minimum absolute atomic E-state index is 0.792. The van der Waals surface area contributed by atoms with Crippen molar-refractivity contribution in [3.05, 3.63) is 35.4 Å². The molecule has 0 amide bonds. The molecule has 0 saturated carbocycles. The van der Waals surface area contributed by atoms with Crippen LogP contribution in [0.1, 0.15) is 11.1 Å². The highest BCUT2D eigenvalue weighted by molar-refractivity contribution is 7.98. The molecule has 0 spiro atoms. The highest BCUT2D eigenvalue weighted by Crippen LogP contribution is 2.23. The summed E-state index contributed by atoms with van der Waals surface area (Å²) in [5, 5.41) is 8.72. The van der Waals surface area contributed by atoms with Gasteiger partial charge in [-0.25, -0.2) is 4.79 Å². The molecule has 0 aliphatic heterocycles. The number of nitrogens with zero attached hydrogens (tertiary/aromatic N) is 1. The van der Waals surface area contributed by atoms with E-state index in [1.165, 1.54) is 0 Å². The zero-order chi connectivity index (χ0) is 15.0. The summed E-state index contributed by atoms with van der Waals surface area (Å²) >= 11 is 1.82. The van der Waals surface area contributed by atoms with Crippen molar-refractivity contribution in [3.63, 3.8) is 0 Å². The molecular weight excluding hydrogens is 274 g/mol. The summed E-state index contributed by atoms with van der Waals surface area (Å²) in [4.78, 5) is 12.8. The molecule has 0 atom stereocenters. The van der Waals surface area contributed by atoms with Gasteiger partial charge in [-0.3, -0.25) is 0 Å². The van der Waals surface area contributed by atoms with Crippen LogP contribution in [0.4, 0.5) is 0 Å². The average molecular weight is 295 g/mol. The summed E-state index contributed by atoms with van der Waals surface area (Å²) in [6.07, 6.45) is 2.79. The van der Waals surface area contributed by atoms with Crippen LogP contribution in [0, 0.1) is 0 Å². The van der Waals surface area contributed by atoms with Crippen LogP contribution in [0.2, 0.25) is 0 Å². The number of thioether (sulfide) groups is 1. The Balaban J connectivity index is 2.75. The van der Waals surface area contributed by atoms with Crippen molar-refractivity contribution in [2.24, 2.45) is 0 Å². The minimum Gasteiger partial charge on any atom is -0.497 e. The van der Waals surface area contributed by atoms with Crippen LogP contribution in [0.5, 0.6) is 5.75 Å².